The second kappa shape index (κ2) is 9.05. The zero-order valence-corrected chi connectivity index (χ0v) is 16.6. The molecule has 0 saturated carbocycles. The van der Waals surface area contributed by atoms with Gasteiger partial charge in [0.15, 0.2) is 6.10 Å². The highest BCUT2D eigenvalue weighted by Crippen LogP contribution is 2.18. The number of carbonyl (C=O) groups excluding carboxylic acids is 1. The summed E-state index contributed by atoms with van der Waals surface area (Å²) in [5, 5.41) is 3.03. The van der Waals surface area contributed by atoms with Crippen LogP contribution in [0.15, 0.2) is 42.5 Å². The number of benzene rings is 2. The van der Waals surface area contributed by atoms with Gasteiger partial charge >= 0.3 is 0 Å². The number of amides is 1. The summed E-state index contributed by atoms with van der Waals surface area (Å²) >= 11 is 0. The van der Waals surface area contributed by atoms with E-state index in [1.165, 1.54) is 42.6 Å². The van der Waals surface area contributed by atoms with Gasteiger partial charge in [-0.2, -0.15) is 0 Å². The molecule has 4 heteroatoms. The van der Waals surface area contributed by atoms with E-state index >= 15 is 0 Å². The number of aryl methyl sites for hydroxylation is 2. The van der Waals surface area contributed by atoms with E-state index < -0.39 is 6.10 Å². The van der Waals surface area contributed by atoms with Crippen molar-refractivity contribution in [3.63, 3.8) is 0 Å². The van der Waals surface area contributed by atoms with Crippen molar-refractivity contribution in [3.05, 3.63) is 64.7 Å². The van der Waals surface area contributed by atoms with Gasteiger partial charge in [0.05, 0.1) is 0 Å². The summed E-state index contributed by atoms with van der Waals surface area (Å²) in [6.07, 6.45) is 2.04. The van der Waals surface area contributed by atoms with Crippen LogP contribution in [0.5, 0.6) is 5.75 Å². The fourth-order valence-electron chi connectivity index (χ4n) is 3.44. The second-order valence-electron chi connectivity index (χ2n) is 7.48. The third kappa shape index (κ3) is 5.33. The largest absolute Gasteiger partial charge is 0.481 e. The number of rotatable bonds is 7. The molecule has 0 spiro atoms. The summed E-state index contributed by atoms with van der Waals surface area (Å²) in [6.45, 7) is 9.73. The molecule has 0 aliphatic carbocycles. The van der Waals surface area contributed by atoms with Crippen LogP contribution in [0.3, 0.4) is 0 Å². The smallest absolute Gasteiger partial charge is 0.261 e. The van der Waals surface area contributed by atoms with Crippen molar-refractivity contribution in [2.24, 2.45) is 0 Å². The highest BCUT2D eigenvalue weighted by Gasteiger charge is 2.17. The van der Waals surface area contributed by atoms with Gasteiger partial charge in [0, 0.05) is 13.1 Å². The van der Waals surface area contributed by atoms with Crippen molar-refractivity contribution >= 4 is 5.91 Å². The quantitative estimate of drug-likeness (QED) is 0.806. The molecule has 2 aromatic carbocycles. The Balaban J connectivity index is 1.55. The Bertz CT molecular complexity index is 782. The van der Waals surface area contributed by atoms with Gasteiger partial charge in [-0.05, 0) is 81.1 Å². The molecule has 3 rings (SSSR count). The normalized spacial score (nSPS) is 15.5. The molecule has 144 valence electrons. The van der Waals surface area contributed by atoms with E-state index in [-0.39, 0.29) is 5.91 Å². The molecule has 1 fully saturated rings. The van der Waals surface area contributed by atoms with Crippen molar-refractivity contribution in [1.29, 1.82) is 0 Å². The fraction of sp³-hybridized carbons (Fsp3) is 0.435. The minimum atomic E-state index is -0.530. The lowest BCUT2D eigenvalue weighted by Crippen LogP contribution is -2.36. The maximum atomic E-state index is 12.5. The molecule has 2 aromatic rings. The number of nitrogens with one attached hydrogen (secondary N) is 1. The first-order valence-electron chi connectivity index (χ1n) is 9.83. The topological polar surface area (TPSA) is 41.6 Å². The Morgan fingerprint density at radius 3 is 2.48 bits per heavy atom. The number of nitrogens with zero attached hydrogens (tertiary/aromatic N) is 1. The Kier molecular flexibility index (Phi) is 6.51. The molecule has 4 nitrogen and oxygen atoms in total. The van der Waals surface area contributed by atoms with Crippen molar-refractivity contribution in [3.8, 4) is 5.75 Å². The molecule has 0 aromatic heterocycles. The Hall–Kier alpha value is -2.33. The van der Waals surface area contributed by atoms with Gasteiger partial charge in [-0.1, -0.05) is 30.3 Å². The molecular weight excluding hydrogens is 336 g/mol. The summed E-state index contributed by atoms with van der Waals surface area (Å²) < 4.78 is 5.82. The second-order valence-corrected chi connectivity index (χ2v) is 7.48. The lowest BCUT2D eigenvalue weighted by Gasteiger charge is -2.19. The minimum Gasteiger partial charge on any atom is -0.481 e. The molecule has 1 aliphatic rings. The molecule has 1 heterocycles. The molecule has 1 amide bonds. The highest BCUT2D eigenvalue weighted by atomic mass is 16.5. The van der Waals surface area contributed by atoms with Gasteiger partial charge in [-0.15, -0.1) is 0 Å². The first-order valence-corrected chi connectivity index (χ1v) is 9.83. The zero-order valence-electron chi connectivity index (χ0n) is 16.6. The van der Waals surface area contributed by atoms with Crippen LogP contribution >= 0.6 is 0 Å². The van der Waals surface area contributed by atoms with Crippen LogP contribution in [0.4, 0.5) is 0 Å². The van der Waals surface area contributed by atoms with Crippen LogP contribution in [0.25, 0.3) is 0 Å². The fourth-order valence-corrected chi connectivity index (χ4v) is 3.44. The maximum Gasteiger partial charge on any atom is 0.261 e. The third-order valence-electron chi connectivity index (χ3n) is 5.32. The minimum absolute atomic E-state index is 0.0933. The van der Waals surface area contributed by atoms with E-state index in [1.54, 1.807) is 6.92 Å². The Morgan fingerprint density at radius 2 is 1.78 bits per heavy atom. The predicted molar refractivity (Wildman–Crippen MR) is 109 cm³/mol. The van der Waals surface area contributed by atoms with Crippen LogP contribution in [0.1, 0.15) is 42.0 Å². The maximum absolute atomic E-state index is 12.5. The van der Waals surface area contributed by atoms with Gasteiger partial charge in [-0.25, -0.2) is 0 Å². The number of ether oxygens (including phenoxy) is 1. The van der Waals surface area contributed by atoms with Crippen LogP contribution < -0.4 is 10.1 Å². The molecule has 0 bridgehead atoms. The first kappa shape index (κ1) is 19.4. The summed E-state index contributed by atoms with van der Waals surface area (Å²) in [7, 11) is 0. The van der Waals surface area contributed by atoms with E-state index in [4.69, 9.17) is 4.74 Å². The van der Waals surface area contributed by atoms with E-state index in [1.807, 2.05) is 31.2 Å². The SMILES string of the molecule is Cc1ccc(O[C@H](C)C(=O)NCc2ccccc2CN2CCCC2)cc1C. The Morgan fingerprint density at radius 1 is 1.07 bits per heavy atom. The third-order valence-corrected chi connectivity index (χ3v) is 5.32. The molecule has 1 aliphatic heterocycles. The summed E-state index contributed by atoms with van der Waals surface area (Å²) in [5.41, 5.74) is 4.85. The van der Waals surface area contributed by atoms with Gasteiger partial charge in [0.2, 0.25) is 0 Å². The van der Waals surface area contributed by atoms with Crippen LogP contribution in [0.2, 0.25) is 0 Å². The van der Waals surface area contributed by atoms with Gasteiger partial charge < -0.3 is 10.1 Å². The molecule has 1 saturated heterocycles. The van der Waals surface area contributed by atoms with E-state index in [2.05, 4.69) is 35.3 Å². The Labute approximate surface area is 162 Å². The summed E-state index contributed by atoms with van der Waals surface area (Å²) in [6, 6.07) is 14.3. The van der Waals surface area contributed by atoms with Crippen molar-refractivity contribution in [1.82, 2.24) is 10.2 Å². The summed E-state index contributed by atoms with van der Waals surface area (Å²) in [4.78, 5) is 15.0. The molecule has 1 atom stereocenters. The van der Waals surface area contributed by atoms with Crippen LogP contribution in [0, 0.1) is 13.8 Å². The van der Waals surface area contributed by atoms with Crippen LogP contribution in [-0.4, -0.2) is 30.0 Å². The lowest BCUT2D eigenvalue weighted by molar-refractivity contribution is -0.127. The zero-order chi connectivity index (χ0) is 19.2. The van der Waals surface area contributed by atoms with E-state index in [0.29, 0.717) is 6.54 Å². The van der Waals surface area contributed by atoms with Gasteiger partial charge in [0.25, 0.3) is 5.91 Å². The van der Waals surface area contributed by atoms with E-state index in [0.717, 1.165) is 17.9 Å². The van der Waals surface area contributed by atoms with Gasteiger partial charge in [-0.3, -0.25) is 9.69 Å². The van der Waals surface area contributed by atoms with Crippen molar-refractivity contribution < 1.29 is 9.53 Å². The monoisotopic (exact) mass is 366 g/mol. The number of hydrogen-bond donors (Lipinski definition) is 1. The highest BCUT2D eigenvalue weighted by molar-refractivity contribution is 5.80. The lowest BCUT2D eigenvalue weighted by atomic mass is 10.1. The molecule has 0 radical (unpaired) electrons. The molecular formula is C23H30N2O2. The predicted octanol–water partition coefficient (Wildman–Crippen LogP) is 3.98. The molecule has 1 N–H and O–H groups in total. The number of likely N-dealkylation sites (tertiary alicyclic amines) is 1. The first-order chi connectivity index (χ1) is 13.0. The van der Waals surface area contributed by atoms with E-state index in [9.17, 15) is 4.79 Å². The average molecular weight is 367 g/mol. The average Bonchev–Trinajstić information content (AvgIpc) is 3.17. The standard InChI is InChI=1S/C23H30N2O2/c1-17-10-11-22(14-18(17)2)27-19(3)23(26)24-15-20-8-4-5-9-21(20)16-25-12-6-7-13-25/h4-5,8-11,14,19H,6-7,12-13,15-16H2,1-3H3,(H,24,26)/t19-/m1/s1. The summed E-state index contributed by atoms with van der Waals surface area (Å²) in [5.74, 6) is 0.638. The molecule has 0 unspecified atom stereocenters. The van der Waals surface area contributed by atoms with Crippen molar-refractivity contribution in [2.75, 3.05) is 13.1 Å². The molecule has 27 heavy (non-hydrogen) atoms. The van der Waals surface area contributed by atoms with Crippen LogP contribution in [-0.2, 0) is 17.9 Å². The van der Waals surface area contributed by atoms with Crippen molar-refractivity contribution in [2.45, 2.75) is 52.8 Å². The number of hydrogen-bond acceptors (Lipinski definition) is 3. The van der Waals surface area contributed by atoms with Gasteiger partial charge in [0.1, 0.15) is 5.75 Å². The number of carbonyl (C=O) groups is 1.